The number of methoxy groups -OCH3 is 1. The number of ether oxygens (including phenoxy) is 1. The van der Waals surface area contributed by atoms with Crippen LogP contribution in [0.25, 0.3) is 11.0 Å². The summed E-state index contributed by atoms with van der Waals surface area (Å²) in [5.74, 6) is -2.82. The highest BCUT2D eigenvalue weighted by molar-refractivity contribution is 6.31. The van der Waals surface area contributed by atoms with Crippen LogP contribution in [0.2, 0.25) is 5.02 Å². The first-order valence-electron chi connectivity index (χ1n) is 10.6. The average Bonchev–Trinajstić information content (AvgIpc) is 3.39. The lowest BCUT2D eigenvalue weighted by Gasteiger charge is -2.26. The van der Waals surface area contributed by atoms with Crippen molar-refractivity contribution in [1.82, 2.24) is 9.88 Å². The Bertz CT molecular complexity index is 1500. The molecule has 7 nitrogen and oxygen atoms in total. The van der Waals surface area contributed by atoms with Crippen molar-refractivity contribution in [1.29, 1.82) is 0 Å². The normalized spacial score (nSPS) is 15.8. The molecule has 2 aromatic heterocycles. The summed E-state index contributed by atoms with van der Waals surface area (Å²) in [5, 5.41) is 11.7. The molecule has 2 aromatic carbocycles. The second-order valence-corrected chi connectivity index (χ2v) is 8.34. The molecule has 176 valence electrons. The van der Waals surface area contributed by atoms with Gasteiger partial charge in [0.05, 0.1) is 31.0 Å². The van der Waals surface area contributed by atoms with E-state index in [1.165, 1.54) is 42.3 Å². The molecule has 1 N–H and O–H groups in total. The number of aliphatic hydroxyl groups excluding tert-OH is 1. The number of halogens is 2. The number of aromatic nitrogens is 1. The number of Topliss-reactive ketones (excluding diaryl/α,β-unsaturated/α-hetero) is 1. The van der Waals surface area contributed by atoms with Crippen molar-refractivity contribution in [3.05, 3.63) is 106 Å². The lowest BCUT2D eigenvalue weighted by Crippen LogP contribution is -2.31. The van der Waals surface area contributed by atoms with Crippen LogP contribution in [0.5, 0.6) is 5.75 Å². The van der Waals surface area contributed by atoms with E-state index in [1.54, 1.807) is 36.5 Å². The molecule has 1 atom stereocenters. The minimum atomic E-state index is -1.20. The van der Waals surface area contributed by atoms with Gasteiger partial charge in [-0.2, -0.15) is 0 Å². The van der Waals surface area contributed by atoms with Gasteiger partial charge in [0.15, 0.2) is 22.9 Å². The van der Waals surface area contributed by atoms with Crippen LogP contribution in [0.3, 0.4) is 0 Å². The predicted octanol–water partition coefficient (Wildman–Crippen LogP) is 5.41. The van der Waals surface area contributed by atoms with E-state index in [-0.39, 0.29) is 29.0 Å². The van der Waals surface area contributed by atoms with Crippen molar-refractivity contribution >= 4 is 34.3 Å². The number of hydrogen-bond donors (Lipinski definition) is 1. The minimum absolute atomic E-state index is 0.0525. The van der Waals surface area contributed by atoms with E-state index in [2.05, 4.69) is 4.98 Å². The number of ketones is 1. The molecule has 0 radical (unpaired) electrons. The van der Waals surface area contributed by atoms with Gasteiger partial charge in [0.2, 0.25) is 5.78 Å². The highest BCUT2D eigenvalue weighted by Crippen LogP contribution is 2.42. The minimum Gasteiger partial charge on any atom is -0.503 e. The Morgan fingerprint density at radius 1 is 1.20 bits per heavy atom. The van der Waals surface area contributed by atoms with Crippen LogP contribution in [-0.2, 0) is 11.3 Å². The number of fused-ring (bicyclic) bond motifs is 1. The molecule has 0 fully saturated rings. The number of nitrogens with zero attached hydrogens (tertiary/aromatic N) is 2. The van der Waals surface area contributed by atoms with Crippen molar-refractivity contribution in [2.24, 2.45) is 0 Å². The SMILES string of the molecule is COc1cc(Cl)cc2cc(C(=O)C3=C(O)C(=O)N(Cc4ccccn4)C3c3ccccc3F)oc12. The quantitative estimate of drug-likeness (QED) is 0.362. The summed E-state index contributed by atoms with van der Waals surface area (Å²) in [5.41, 5.74) is 0.547. The van der Waals surface area contributed by atoms with E-state index in [0.717, 1.165) is 0 Å². The van der Waals surface area contributed by atoms with Crippen LogP contribution in [0.15, 0.2) is 82.6 Å². The lowest BCUT2D eigenvalue weighted by molar-refractivity contribution is -0.130. The summed E-state index contributed by atoms with van der Waals surface area (Å²) in [6.07, 6.45) is 1.56. The molecule has 3 heterocycles. The summed E-state index contributed by atoms with van der Waals surface area (Å²) >= 11 is 6.12. The summed E-state index contributed by atoms with van der Waals surface area (Å²) in [6, 6.07) is 14.3. The molecular weight excluding hydrogens is 475 g/mol. The average molecular weight is 493 g/mol. The number of pyridine rings is 1. The molecule has 0 bridgehead atoms. The van der Waals surface area contributed by atoms with Gasteiger partial charge in [0.1, 0.15) is 5.82 Å². The molecule has 0 saturated heterocycles. The largest absolute Gasteiger partial charge is 0.503 e. The number of hydrogen-bond acceptors (Lipinski definition) is 6. The zero-order chi connectivity index (χ0) is 24.7. The molecule has 9 heteroatoms. The number of aliphatic hydroxyl groups is 1. The summed E-state index contributed by atoms with van der Waals surface area (Å²) in [7, 11) is 1.43. The van der Waals surface area contributed by atoms with Crippen molar-refractivity contribution in [3.8, 4) is 5.75 Å². The maximum atomic E-state index is 14.9. The highest BCUT2D eigenvalue weighted by atomic mass is 35.5. The van der Waals surface area contributed by atoms with Gasteiger partial charge in [0.25, 0.3) is 5.91 Å². The van der Waals surface area contributed by atoms with Crippen molar-refractivity contribution in [2.75, 3.05) is 7.11 Å². The Labute approximate surface area is 204 Å². The fourth-order valence-electron chi connectivity index (χ4n) is 4.22. The van der Waals surface area contributed by atoms with Crippen molar-refractivity contribution in [2.45, 2.75) is 12.6 Å². The summed E-state index contributed by atoms with van der Waals surface area (Å²) in [6.45, 7) is -0.0525. The first-order valence-corrected chi connectivity index (χ1v) is 11.0. The first kappa shape index (κ1) is 22.6. The van der Waals surface area contributed by atoms with Gasteiger partial charge in [-0.05, 0) is 30.3 Å². The Morgan fingerprint density at radius 3 is 2.69 bits per heavy atom. The molecule has 35 heavy (non-hydrogen) atoms. The number of rotatable bonds is 6. The topological polar surface area (TPSA) is 92.9 Å². The number of carbonyl (C=O) groups excluding carboxylic acids is 2. The Balaban J connectivity index is 1.63. The molecule has 1 amide bonds. The predicted molar refractivity (Wildman–Crippen MR) is 126 cm³/mol. The van der Waals surface area contributed by atoms with Gasteiger partial charge in [0, 0.05) is 28.2 Å². The third kappa shape index (κ3) is 3.91. The number of amides is 1. The number of furan rings is 1. The van der Waals surface area contributed by atoms with Gasteiger partial charge in [-0.3, -0.25) is 14.6 Å². The molecule has 1 unspecified atom stereocenters. The van der Waals surface area contributed by atoms with Crippen molar-refractivity contribution < 1.29 is 28.2 Å². The fourth-order valence-corrected chi connectivity index (χ4v) is 4.43. The molecule has 0 saturated carbocycles. The monoisotopic (exact) mass is 492 g/mol. The Kier molecular flexibility index (Phi) is 5.74. The maximum Gasteiger partial charge on any atom is 0.290 e. The molecule has 1 aliphatic heterocycles. The van der Waals surface area contributed by atoms with Crippen LogP contribution >= 0.6 is 11.6 Å². The zero-order valence-electron chi connectivity index (χ0n) is 18.4. The van der Waals surface area contributed by atoms with Crippen LogP contribution in [0, 0.1) is 5.82 Å². The molecule has 0 aliphatic carbocycles. The van der Waals surface area contributed by atoms with Crippen LogP contribution < -0.4 is 4.74 Å². The van der Waals surface area contributed by atoms with Gasteiger partial charge in [-0.15, -0.1) is 0 Å². The van der Waals surface area contributed by atoms with Crippen LogP contribution in [0.4, 0.5) is 4.39 Å². The third-order valence-electron chi connectivity index (χ3n) is 5.80. The lowest BCUT2D eigenvalue weighted by atomic mass is 9.94. The maximum absolute atomic E-state index is 14.9. The highest BCUT2D eigenvalue weighted by Gasteiger charge is 2.45. The van der Waals surface area contributed by atoms with E-state index in [9.17, 15) is 19.1 Å². The van der Waals surface area contributed by atoms with Gasteiger partial charge in [-0.1, -0.05) is 35.9 Å². The van der Waals surface area contributed by atoms with Crippen molar-refractivity contribution in [3.63, 3.8) is 0 Å². The molecule has 1 aliphatic rings. The molecule has 4 aromatic rings. The van der Waals surface area contributed by atoms with E-state index in [1.807, 2.05) is 0 Å². The first-order chi connectivity index (χ1) is 16.9. The third-order valence-corrected chi connectivity index (χ3v) is 6.02. The molecular formula is C26H18ClFN2O5. The second-order valence-electron chi connectivity index (χ2n) is 7.91. The summed E-state index contributed by atoms with van der Waals surface area (Å²) in [4.78, 5) is 32.2. The fraction of sp³-hybridized carbons (Fsp3) is 0.115. The van der Waals surface area contributed by atoms with Crippen LogP contribution in [0.1, 0.15) is 27.9 Å². The Hall–Kier alpha value is -4.17. The standard InChI is InChI=1S/C26H18ClFN2O5/c1-34-20-12-15(27)10-14-11-19(35-25(14)20)23(31)21-22(17-7-2-3-8-18(17)28)30(26(33)24(21)32)13-16-6-4-5-9-29-16/h2-12,22,32H,13H2,1H3. The van der Waals surface area contributed by atoms with Gasteiger partial charge >= 0.3 is 0 Å². The molecule has 0 spiro atoms. The van der Waals surface area contributed by atoms with E-state index < -0.39 is 29.3 Å². The van der Waals surface area contributed by atoms with E-state index >= 15 is 0 Å². The van der Waals surface area contributed by atoms with Crippen LogP contribution in [-0.4, -0.2) is 33.8 Å². The second kappa shape index (κ2) is 8.88. The Morgan fingerprint density at radius 2 is 1.97 bits per heavy atom. The van der Waals surface area contributed by atoms with Gasteiger partial charge in [-0.25, -0.2) is 4.39 Å². The summed E-state index contributed by atoms with van der Waals surface area (Å²) < 4.78 is 26.0. The molecule has 5 rings (SSSR count). The zero-order valence-corrected chi connectivity index (χ0v) is 19.1. The van der Waals surface area contributed by atoms with E-state index in [4.69, 9.17) is 20.8 Å². The smallest absolute Gasteiger partial charge is 0.290 e. The number of benzene rings is 2. The number of carbonyl (C=O) groups is 2. The van der Waals surface area contributed by atoms with E-state index in [0.29, 0.717) is 21.9 Å². The van der Waals surface area contributed by atoms with Gasteiger partial charge < -0.3 is 19.2 Å².